The number of halogens is 4. The van der Waals surface area contributed by atoms with Gasteiger partial charge in [0.05, 0.1) is 19.8 Å². The third-order valence-corrected chi connectivity index (χ3v) is 5.43. The first-order chi connectivity index (χ1) is 8.00. The van der Waals surface area contributed by atoms with E-state index in [1.807, 2.05) is 25.1 Å². The average Bonchev–Trinajstić information content (AvgIpc) is 2.62. The van der Waals surface area contributed by atoms with Gasteiger partial charge in [0.25, 0.3) is 0 Å². The Hall–Kier alpha value is 0.0800. The Labute approximate surface area is 124 Å². The molecule has 2 rings (SSSR count). The molecule has 0 bridgehead atoms. The summed E-state index contributed by atoms with van der Waals surface area (Å²) >= 11 is 26.0. The van der Waals surface area contributed by atoms with Crippen LogP contribution in [0, 0.1) is 6.92 Å². The molecule has 1 aromatic heterocycles. The zero-order chi connectivity index (χ0) is 12.6. The van der Waals surface area contributed by atoms with Crippen molar-refractivity contribution in [2.24, 2.45) is 0 Å². The molecule has 1 unspecified atom stereocenters. The number of aryl methyl sites for hydroxylation is 1. The Morgan fingerprint density at radius 2 is 1.88 bits per heavy atom. The highest BCUT2D eigenvalue weighted by molar-refractivity contribution is 7.16. The molecule has 90 valence electrons. The quantitative estimate of drug-likeness (QED) is 0.565. The van der Waals surface area contributed by atoms with Crippen LogP contribution in [-0.2, 0) is 0 Å². The fourth-order valence-electron chi connectivity index (χ4n) is 1.48. The molecule has 0 aliphatic heterocycles. The summed E-state index contributed by atoms with van der Waals surface area (Å²) in [7, 11) is 0. The summed E-state index contributed by atoms with van der Waals surface area (Å²) < 4.78 is 0.754. The van der Waals surface area contributed by atoms with Gasteiger partial charge in [-0.05, 0) is 30.2 Å². The van der Waals surface area contributed by atoms with Gasteiger partial charge in [0, 0.05) is 4.88 Å². The van der Waals surface area contributed by atoms with Gasteiger partial charge in [0.1, 0.15) is 0 Å². The van der Waals surface area contributed by atoms with Crippen LogP contribution in [0.2, 0.25) is 14.4 Å². The number of hydrogen-bond acceptors (Lipinski definition) is 1. The summed E-state index contributed by atoms with van der Waals surface area (Å²) in [5.41, 5.74) is 1.83. The van der Waals surface area contributed by atoms with Crippen molar-refractivity contribution in [1.82, 2.24) is 0 Å². The van der Waals surface area contributed by atoms with Gasteiger partial charge in [-0.3, -0.25) is 0 Å². The monoisotopic (exact) mass is 324 g/mol. The second kappa shape index (κ2) is 5.38. The van der Waals surface area contributed by atoms with Gasteiger partial charge in [-0.2, -0.15) is 0 Å². The minimum atomic E-state index is -0.322. The van der Waals surface area contributed by atoms with Crippen molar-refractivity contribution in [2.75, 3.05) is 0 Å². The van der Waals surface area contributed by atoms with Crippen LogP contribution in [0.1, 0.15) is 21.4 Å². The van der Waals surface area contributed by atoms with Crippen LogP contribution in [0.5, 0.6) is 0 Å². The van der Waals surface area contributed by atoms with Crippen LogP contribution in [0.4, 0.5) is 0 Å². The molecule has 0 saturated heterocycles. The number of rotatable bonds is 2. The first kappa shape index (κ1) is 13.5. The Balaban J connectivity index is 2.43. The summed E-state index contributed by atoms with van der Waals surface area (Å²) in [6, 6.07) is 7.42. The lowest BCUT2D eigenvalue weighted by Crippen LogP contribution is -1.91. The lowest BCUT2D eigenvalue weighted by atomic mass is 10.1. The molecular weight excluding hydrogens is 318 g/mol. The minimum absolute atomic E-state index is 0.322. The zero-order valence-electron chi connectivity index (χ0n) is 8.81. The summed E-state index contributed by atoms with van der Waals surface area (Å²) in [4.78, 5) is 0.971. The predicted octanol–water partition coefficient (Wildman–Crippen LogP) is 6.34. The average molecular weight is 326 g/mol. The molecule has 1 heterocycles. The highest BCUT2D eigenvalue weighted by atomic mass is 35.5. The molecule has 5 heteroatoms. The van der Waals surface area contributed by atoms with Gasteiger partial charge in [0.15, 0.2) is 0 Å². The van der Waals surface area contributed by atoms with Crippen LogP contribution in [0.3, 0.4) is 0 Å². The van der Waals surface area contributed by atoms with Crippen molar-refractivity contribution in [1.29, 1.82) is 0 Å². The number of hydrogen-bond donors (Lipinski definition) is 0. The first-order valence-corrected chi connectivity index (χ1v) is 7.23. The number of alkyl halides is 1. The predicted molar refractivity (Wildman–Crippen MR) is 78.2 cm³/mol. The van der Waals surface area contributed by atoms with E-state index in [1.54, 1.807) is 6.07 Å². The van der Waals surface area contributed by atoms with E-state index >= 15 is 0 Å². The summed E-state index contributed by atoms with van der Waals surface area (Å²) in [6.45, 7) is 1.95. The number of thiophene rings is 1. The second-order valence-corrected chi connectivity index (χ2v) is 6.52. The maximum atomic E-state index is 6.40. The SMILES string of the molecule is Cc1cc(C(Cl)c2cccc(Cl)c2Cl)sc1Cl. The maximum absolute atomic E-state index is 6.40. The van der Waals surface area contributed by atoms with E-state index in [0.29, 0.717) is 10.0 Å². The Morgan fingerprint density at radius 1 is 1.18 bits per heavy atom. The van der Waals surface area contributed by atoms with Crippen molar-refractivity contribution in [3.63, 3.8) is 0 Å². The molecule has 17 heavy (non-hydrogen) atoms. The molecule has 1 atom stereocenters. The number of benzene rings is 1. The van der Waals surface area contributed by atoms with Gasteiger partial charge < -0.3 is 0 Å². The topological polar surface area (TPSA) is 0 Å². The fraction of sp³-hybridized carbons (Fsp3) is 0.167. The first-order valence-electron chi connectivity index (χ1n) is 4.84. The lowest BCUT2D eigenvalue weighted by Gasteiger charge is -2.10. The molecule has 0 nitrogen and oxygen atoms in total. The molecule has 0 fully saturated rings. The summed E-state index contributed by atoms with van der Waals surface area (Å²) in [6.07, 6.45) is 0. The van der Waals surface area contributed by atoms with E-state index in [2.05, 4.69) is 0 Å². The van der Waals surface area contributed by atoms with Crippen LogP contribution in [0.15, 0.2) is 24.3 Å². The normalized spacial score (nSPS) is 12.8. The molecule has 1 aromatic carbocycles. The van der Waals surface area contributed by atoms with Gasteiger partial charge in [-0.1, -0.05) is 46.9 Å². The smallest absolute Gasteiger partial charge is 0.0960 e. The van der Waals surface area contributed by atoms with Gasteiger partial charge in [0.2, 0.25) is 0 Å². The molecule has 0 aliphatic carbocycles. The van der Waals surface area contributed by atoms with Crippen LogP contribution >= 0.6 is 57.7 Å². The third-order valence-electron chi connectivity index (χ3n) is 2.38. The van der Waals surface area contributed by atoms with E-state index in [4.69, 9.17) is 46.4 Å². The Morgan fingerprint density at radius 3 is 2.47 bits per heavy atom. The van der Waals surface area contributed by atoms with Gasteiger partial charge in [-0.25, -0.2) is 0 Å². The summed E-state index contributed by atoms with van der Waals surface area (Å²) in [5, 5.41) is 0.683. The van der Waals surface area contributed by atoms with Crippen LogP contribution in [0.25, 0.3) is 0 Å². The van der Waals surface area contributed by atoms with E-state index in [0.717, 1.165) is 20.3 Å². The van der Waals surface area contributed by atoms with Gasteiger partial charge >= 0.3 is 0 Å². The third kappa shape index (κ3) is 2.74. The van der Waals surface area contributed by atoms with E-state index < -0.39 is 0 Å². The molecular formula is C12H8Cl4S. The Bertz CT molecular complexity index is 528. The molecule has 0 saturated carbocycles. The molecule has 0 aliphatic rings. The van der Waals surface area contributed by atoms with Crippen LogP contribution in [-0.4, -0.2) is 0 Å². The summed E-state index contributed by atoms with van der Waals surface area (Å²) in [5.74, 6) is 0. The standard InChI is InChI=1S/C12H8Cl4S/c1-6-5-9(17-12(6)16)11(15)7-3-2-4-8(13)10(7)14/h2-5,11H,1H3. The Kier molecular flexibility index (Phi) is 4.27. The van der Waals surface area contributed by atoms with E-state index in [1.165, 1.54) is 11.3 Å². The van der Waals surface area contributed by atoms with Crippen molar-refractivity contribution in [3.8, 4) is 0 Å². The molecule has 0 radical (unpaired) electrons. The van der Waals surface area contributed by atoms with Crippen LogP contribution < -0.4 is 0 Å². The molecule has 0 amide bonds. The highest BCUT2D eigenvalue weighted by Crippen LogP contribution is 2.41. The lowest BCUT2D eigenvalue weighted by molar-refractivity contribution is 1.18. The van der Waals surface area contributed by atoms with E-state index in [-0.39, 0.29) is 5.38 Å². The fourth-order valence-corrected chi connectivity index (χ4v) is 3.54. The van der Waals surface area contributed by atoms with Gasteiger partial charge in [-0.15, -0.1) is 22.9 Å². The highest BCUT2D eigenvalue weighted by Gasteiger charge is 2.18. The van der Waals surface area contributed by atoms with Crippen molar-refractivity contribution >= 4 is 57.7 Å². The van der Waals surface area contributed by atoms with Crippen molar-refractivity contribution in [2.45, 2.75) is 12.3 Å². The second-order valence-electron chi connectivity index (χ2n) is 3.61. The molecule has 0 N–H and O–H groups in total. The minimum Gasteiger partial charge on any atom is -0.126 e. The zero-order valence-corrected chi connectivity index (χ0v) is 12.6. The molecule has 2 aromatic rings. The largest absolute Gasteiger partial charge is 0.126 e. The van der Waals surface area contributed by atoms with Crippen molar-refractivity contribution in [3.05, 3.63) is 54.7 Å². The van der Waals surface area contributed by atoms with Crippen molar-refractivity contribution < 1.29 is 0 Å². The molecule has 0 spiro atoms. The van der Waals surface area contributed by atoms with E-state index in [9.17, 15) is 0 Å². The maximum Gasteiger partial charge on any atom is 0.0960 e.